The van der Waals surface area contributed by atoms with E-state index in [2.05, 4.69) is 10.3 Å². The van der Waals surface area contributed by atoms with Crippen molar-refractivity contribution in [2.45, 2.75) is 26.3 Å². The van der Waals surface area contributed by atoms with Gasteiger partial charge in [-0.05, 0) is 43.4 Å². The van der Waals surface area contributed by atoms with Crippen molar-refractivity contribution in [3.8, 4) is 5.75 Å². The minimum Gasteiger partial charge on any atom is -0.494 e. The summed E-state index contributed by atoms with van der Waals surface area (Å²) in [6, 6.07) is 4.92. The molecule has 0 amide bonds. The maximum atomic E-state index is 13.7. The van der Waals surface area contributed by atoms with Gasteiger partial charge in [0.2, 0.25) is 0 Å². The van der Waals surface area contributed by atoms with Crippen LogP contribution in [0.1, 0.15) is 25.3 Å². The molecule has 1 fully saturated rings. The van der Waals surface area contributed by atoms with Gasteiger partial charge in [0, 0.05) is 26.7 Å². The van der Waals surface area contributed by atoms with Gasteiger partial charge in [0.05, 0.1) is 20.3 Å². The number of nitrogens with one attached hydrogen (secondary N) is 1. The smallest absolute Gasteiger partial charge is 0.194 e. The number of ether oxygens (including phenoxy) is 2. The Morgan fingerprint density at radius 2 is 2.21 bits per heavy atom. The van der Waals surface area contributed by atoms with Gasteiger partial charge in [0.25, 0.3) is 0 Å². The fourth-order valence-electron chi connectivity index (χ4n) is 2.29. The van der Waals surface area contributed by atoms with Gasteiger partial charge < -0.3 is 19.7 Å². The van der Waals surface area contributed by atoms with Gasteiger partial charge in [-0.15, -0.1) is 0 Å². The number of benzene rings is 1. The average Bonchev–Trinajstić information content (AvgIpc) is 3.39. The van der Waals surface area contributed by atoms with E-state index in [1.165, 1.54) is 26.0 Å². The van der Waals surface area contributed by atoms with Crippen molar-refractivity contribution in [2.75, 3.05) is 40.5 Å². The summed E-state index contributed by atoms with van der Waals surface area (Å²) in [4.78, 5) is 6.61. The van der Waals surface area contributed by atoms with Crippen molar-refractivity contribution in [3.05, 3.63) is 29.6 Å². The molecule has 134 valence electrons. The lowest BCUT2D eigenvalue weighted by atomic mass is 10.2. The van der Waals surface area contributed by atoms with Crippen molar-refractivity contribution in [2.24, 2.45) is 10.9 Å². The average molecular weight is 337 g/mol. The minimum atomic E-state index is -0.364. The molecular weight excluding hydrogens is 309 g/mol. The SMILES string of the molecule is CCNC(=NCc1ccc(OC)c(F)c1)N(C)CCOCC1CC1. The quantitative estimate of drug-likeness (QED) is 0.427. The van der Waals surface area contributed by atoms with Crippen LogP contribution in [0.4, 0.5) is 4.39 Å². The standard InChI is InChI=1S/C18H28FN3O2/c1-4-20-18(22(2)9-10-24-13-14-5-6-14)21-12-15-7-8-17(23-3)16(19)11-15/h7-8,11,14H,4-6,9-10,12-13H2,1-3H3,(H,20,21). The van der Waals surface area contributed by atoms with E-state index in [-0.39, 0.29) is 11.6 Å². The Bertz CT molecular complexity index is 547. The Kier molecular flexibility index (Phi) is 7.31. The number of hydrogen-bond donors (Lipinski definition) is 1. The molecule has 0 radical (unpaired) electrons. The number of hydrogen-bond acceptors (Lipinski definition) is 3. The van der Waals surface area contributed by atoms with Crippen molar-refractivity contribution in [1.29, 1.82) is 0 Å². The van der Waals surface area contributed by atoms with E-state index in [4.69, 9.17) is 9.47 Å². The lowest BCUT2D eigenvalue weighted by Gasteiger charge is -2.22. The van der Waals surface area contributed by atoms with E-state index in [0.29, 0.717) is 13.2 Å². The number of halogens is 1. The zero-order chi connectivity index (χ0) is 17.4. The van der Waals surface area contributed by atoms with Crippen LogP contribution in [0.15, 0.2) is 23.2 Å². The molecule has 0 spiro atoms. The van der Waals surface area contributed by atoms with Gasteiger partial charge >= 0.3 is 0 Å². The number of nitrogens with zero attached hydrogens (tertiary/aromatic N) is 2. The third kappa shape index (κ3) is 6.00. The zero-order valence-electron chi connectivity index (χ0n) is 14.8. The van der Waals surface area contributed by atoms with Crippen LogP contribution in [-0.4, -0.2) is 51.3 Å². The van der Waals surface area contributed by atoms with E-state index in [1.807, 2.05) is 24.9 Å². The maximum Gasteiger partial charge on any atom is 0.194 e. The third-order valence-corrected chi connectivity index (χ3v) is 3.95. The van der Waals surface area contributed by atoms with Crippen LogP contribution in [0.3, 0.4) is 0 Å². The Morgan fingerprint density at radius 1 is 1.42 bits per heavy atom. The second-order valence-electron chi connectivity index (χ2n) is 6.08. The second-order valence-corrected chi connectivity index (χ2v) is 6.08. The van der Waals surface area contributed by atoms with Crippen molar-refractivity contribution < 1.29 is 13.9 Å². The van der Waals surface area contributed by atoms with E-state index in [0.717, 1.165) is 37.1 Å². The Hall–Kier alpha value is -1.82. The minimum absolute atomic E-state index is 0.250. The van der Waals surface area contributed by atoms with Gasteiger partial charge in [0.1, 0.15) is 0 Å². The molecule has 1 N–H and O–H groups in total. The summed E-state index contributed by atoms with van der Waals surface area (Å²) < 4.78 is 24.3. The molecule has 0 atom stereocenters. The molecule has 0 saturated heterocycles. The second kappa shape index (κ2) is 9.47. The summed E-state index contributed by atoms with van der Waals surface area (Å²) in [7, 11) is 3.44. The van der Waals surface area contributed by atoms with E-state index < -0.39 is 0 Å². The predicted octanol–water partition coefficient (Wildman–Crippen LogP) is 2.66. The van der Waals surface area contributed by atoms with Gasteiger partial charge in [-0.2, -0.15) is 0 Å². The molecule has 1 saturated carbocycles. The highest BCUT2D eigenvalue weighted by molar-refractivity contribution is 5.79. The van der Waals surface area contributed by atoms with Crippen LogP contribution >= 0.6 is 0 Å². The first-order valence-corrected chi connectivity index (χ1v) is 8.53. The van der Waals surface area contributed by atoms with Crippen molar-refractivity contribution in [1.82, 2.24) is 10.2 Å². The largest absolute Gasteiger partial charge is 0.494 e. The molecular formula is C18H28FN3O2. The molecule has 0 aliphatic heterocycles. The normalized spacial score (nSPS) is 14.6. The fourth-order valence-corrected chi connectivity index (χ4v) is 2.29. The summed E-state index contributed by atoms with van der Waals surface area (Å²) in [6.07, 6.45) is 2.61. The summed E-state index contributed by atoms with van der Waals surface area (Å²) in [5, 5.41) is 3.25. The van der Waals surface area contributed by atoms with Gasteiger partial charge in [-0.25, -0.2) is 9.38 Å². The van der Waals surface area contributed by atoms with Crippen LogP contribution in [0, 0.1) is 11.7 Å². The van der Waals surface area contributed by atoms with Crippen LogP contribution in [0.2, 0.25) is 0 Å². The van der Waals surface area contributed by atoms with Crippen molar-refractivity contribution in [3.63, 3.8) is 0 Å². The summed E-state index contributed by atoms with van der Waals surface area (Å²) in [6.45, 7) is 5.55. The van der Waals surface area contributed by atoms with Gasteiger partial charge in [0.15, 0.2) is 17.5 Å². The molecule has 2 rings (SSSR count). The Balaban J connectivity index is 1.86. The highest BCUT2D eigenvalue weighted by Crippen LogP contribution is 2.28. The van der Waals surface area contributed by atoms with E-state index in [9.17, 15) is 4.39 Å². The van der Waals surface area contributed by atoms with Crippen LogP contribution in [0.25, 0.3) is 0 Å². The van der Waals surface area contributed by atoms with Crippen LogP contribution in [-0.2, 0) is 11.3 Å². The lowest BCUT2D eigenvalue weighted by Crippen LogP contribution is -2.40. The number of rotatable bonds is 9. The molecule has 1 aliphatic carbocycles. The third-order valence-electron chi connectivity index (χ3n) is 3.95. The molecule has 0 heterocycles. The summed E-state index contributed by atoms with van der Waals surface area (Å²) >= 11 is 0. The van der Waals surface area contributed by atoms with E-state index >= 15 is 0 Å². The first kappa shape index (κ1) is 18.5. The number of guanidine groups is 1. The first-order valence-electron chi connectivity index (χ1n) is 8.53. The zero-order valence-corrected chi connectivity index (χ0v) is 14.8. The molecule has 24 heavy (non-hydrogen) atoms. The van der Waals surface area contributed by atoms with E-state index in [1.54, 1.807) is 6.07 Å². The molecule has 6 heteroatoms. The molecule has 0 unspecified atom stereocenters. The Morgan fingerprint density at radius 3 is 2.83 bits per heavy atom. The van der Waals surface area contributed by atoms with Crippen molar-refractivity contribution >= 4 is 5.96 Å². The molecule has 0 bridgehead atoms. The number of methoxy groups -OCH3 is 1. The molecule has 1 aliphatic rings. The predicted molar refractivity (Wildman–Crippen MR) is 93.9 cm³/mol. The highest BCUT2D eigenvalue weighted by atomic mass is 19.1. The number of aliphatic imine (C=N–C) groups is 1. The molecule has 5 nitrogen and oxygen atoms in total. The monoisotopic (exact) mass is 337 g/mol. The lowest BCUT2D eigenvalue weighted by molar-refractivity contribution is 0.115. The van der Waals surface area contributed by atoms with Crippen LogP contribution < -0.4 is 10.1 Å². The Labute approximate surface area is 143 Å². The summed E-state index contributed by atoms with van der Waals surface area (Å²) in [5.41, 5.74) is 0.807. The highest BCUT2D eigenvalue weighted by Gasteiger charge is 2.21. The maximum absolute atomic E-state index is 13.7. The fraction of sp³-hybridized carbons (Fsp3) is 0.611. The van der Waals surface area contributed by atoms with Gasteiger partial charge in [-0.3, -0.25) is 0 Å². The molecule has 1 aromatic carbocycles. The molecule has 1 aromatic rings. The first-order chi connectivity index (χ1) is 11.6. The summed E-state index contributed by atoms with van der Waals surface area (Å²) in [5.74, 6) is 1.46. The number of likely N-dealkylation sites (N-methyl/N-ethyl adjacent to an activating group) is 1. The molecule has 0 aromatic heterocycles. The van der Waals surface area contributed by atoms with Crippen LogP contribution in [0.5, 0.6) is 5.75 Å². The van der Waals surface area contributed by atoms with Gasteiger partial charge in [-0.1, -0.05) is 6.07 Å². The topological polar surface area (TPSA) is 46.1 Å².